The molecule has 5 heteroatoms. The average Bonchev–Trinajstić information content (AvgIpc) is 2.88. The first-order valence-electron chi connectivity index (χ1n) is 7.88. The lowest BCUT2D eigenvalue weighted by Gasteiger charge is -2.35. The molecule has 0 spiro atoms. The van der Waals surface area contributed by atoms with E-state index >= 15 is 0 Å². The number of carbonyl (C=O) groups is 1. The Bertz CT molecular complexity index is 322. The van der Waals surface area contributed by atoms with E-state index in [1.807, 2.05) is 25.7 Å². The molecule has 1 unspecified atom stereocenters. The van der Waals surface area contributed by atoms with Gasteiger partial charge in [0, 0.05) is 25.7 Å². The third-order valence-corrected chi connectivity index (χ3v) is 3.90. The number of likely N-dealkylation sites (tertiary alicyclic amines) is 1. The number of nitrogens with zero attached hydrogens (tertiary/aromatic N) is 2. The largest absolute Gasteiger partial charge is 0.444 e. The summed E-state index contributed by atoms with van der Waals surface area (Å²) in [5, 5.41) is 3.51. The topological polar surface area (TPSA) is 44.8 Å². The predicted molar refractivity (Wildman–Crippen MR) is 79.9 cm³/mol. The Kier molecular flexibility index (Phi) is 5.27. The van der Waals surface area contributed by atoms with Crippen LogP contribution in [-0.2, 0) is 4.74 Å². The molecular formula is C15H29N3O2. The van der Waals surface area contributed by atoms with E-state index in [2.05, 4.69) is 10.2 Å². The number of carbonyl (C=O) groups excluding carboxylic acids is 1. The minimum absolute atomic E-state index is 0.176. The third-order valence-electron chi connectivity index (χ3n) is 3.90. The fraction of sp³-hybridized carbons (Fsp3) is 0.933. The molecule has 0 bridgehead atoms. The maximum absolute atomic E-state index is 12.1. The molecule has 0 radical (unpaired) electrons. The van der Waals surface area contributed by atoms with Crippen molar-refractivity contribution in [3.63, 3.8) is 0 Å². The lowest BCUT2D eigenvalue weighted by atomic mass is 10.1. The van der Waals surface area contributed by atoms with E-state index in [9.17, 15) is 4.79 Å². The van der Waals surface area contributed by atoms with Crippen LogP contribution in [0.5, 0.6) is 0 Å². The van der Waals surface area contributed by atoms with Crippen LogP contribution in [0.3, 0.4) is 0 Å². The monoisotopic (exact) mass is 283 g/mol. The van der Waals surface area contributed by atoms with Crippen LogP contribution in [-0.4, -0.2) is 66.8 Å². The van der Waals surface area contributed by atoms with Crippen molar-refractivity contribution in [2.24, 2.45) is 0 Å². The van der Waals surface area contributed by atoms with E-state index < -0.39 is 5.60 Å². The number of nitrogens with one attached hydrogen (secondary N) is 1. The maximum Gasteiger partial charge on any atom is 0.410 e. The molecule has 2 aliphatic rings. The molecule has 0 aliphatic carbocycles. The Labute approximate surface area is 122 Å². The van der Waals surface area contributed by atoms with Gasteiger partial charge >= 0.3 is 6.09 Å². The second kappa shape index (κ2) is 6.76. The van der Waals surface area contributed by atoms with Gasteiger partial charge in [0.25, 0.3) is 0 Å². The van der Waals surface area contributed by atoms with Gasteiger partial charge in [0.2, 0.25) is 0 Å². The highest BCUT2D eigenvalue weighted by atomic mass is 16.6. The Morgan fingerprint density at radius 1 is 1.25 bits per heavy atom. The van der Waals surface area contributed by atoms with Crippen LogP contribution in [0.1, 0.15) is 40.0 Å². The number of ether oxygens (including phenoxy) is 1. The molecule has 0 aromatic carbocycles. The van der Waals surface area contributed by atoms with Crippen molar-refractivity contribution in [1.82, 2.24) is 15.1 Å². The third kappa shape index (κ3) is 4.94. The molecular weight excluding hydrogens is 254 g/mol. The molecule has 2 fully saturated rings. The van der Waals surface area contributed by atoms with Crippen LogP contribution >= 0.6 is 0 Å². The lowest BCUT2D eigenvalue weighted by molar-refractivity contribution is 0.0190. The van der Waals surface area contributed by atoms with Crippen molar-refractivity contribution in [3.05, 3.63) is 0 Å². The Hall–Kier alpha value is -0.810. The Morgan fingerprint density at radius 2 is 1.95 bits per heavy atom. The van der Waals surface area contributed by atoms with Crippen LogP contribution < -0.4 is 5.32 Å². The van der Waals surface area contributed by atoms with Crippen molar-refractivity contribution in [2.45, 2.75) is 51.7 Å². The molecule has 1 atom stereocenters. The van der Waals surface area contributed by atoms with E-state index in [0.717, 1.165) is 32.6 Å². The van der Waals surface area contributed by atoms with E-state index in [0.29, 0.717) is 6.04 Å². The SMILES string of the molecule is CC(C)(C)OC(=O)N1CCNC(CCN2CCCC2)C1. The Balaban J connectivity index is 1.74. The molecule has 0 aromatic rings. The van der Waals surface area contributed by atoms with Gasteiger partial charge in [0.05, 0.1) is 0 Å². The van der Waals surface area contributed by atoms with Crippen LogP contribution in [0.25, 0.3) is 0 Å². The van der Waals surface area contributed by atoms with Gasteiger partial charge in [-0.25, -0.2) is 4.79 Å². The molecule has 20 heavy (non-hydrogen) atoms. The molecule has 1 amide bonds. The molecule has 1 N–H and O–H groups in total. The zero-order valence-corrected chi connectivity index (χ0v) is 13.2. The summed E-state index contributed by atoms with van der Waals surface area (Å²) < 4.78 is 5.45. The fourth-order valence-corrected chi connectivity index (χ4v) is 2.86. The second-order valence-corrected chi connectivity index (χ2v) is 6.91. The van der Waals surface area contributed by atoms with E-state index in [-0.39, 0.29) is 6.09 Å². The zero-order valence-electron chi connectivity index (χ0n) is 13.2. The Morgan fingerprint density at radius 3 is 2.60 bits per heavy atom. The molecule has 0 saturated carbocycles. The highest BCUT2D eigenvalue weighted by molar-refractivity contribution is 5.68. The first-order chi connectivity index (χ1) is 9.44. The molecule has 2 saturated heterocycles. The van der Waals surface area contributed by atoms with E-state index in [1.54, 1.807) is 0 Å². The number of rotatable bonds is 3. The van der Waals surface area contributed by atoms with Crippen LogP contribution in [0.2, 0.25) is 0 Å². The van der Waals surface area contributed by atoms with Crippen molar-refractivity contribution in [3.8, 4) is 0 Å². The lowest BCUT2D eigenvalue weighted by Crippen LogP contribution is -2.54. The summed E-state index contributed by atoms with van der Waals surface area (Å²) in [6, 6.07) is 0.400. The van der Waals surface area contributed by atoms with Crippen molar-refractivity contribution >= 4 is 6.09 Å². The summed E-state index contributed by atoms with van der Waals surface area (Å²) in [5.74, 6) is 0. The molecule has 2 heterocycles. The summed E-state index contributed by atoms with van der Waals surface area (Å²) >= 11 is 0. The minimum Gasteiger partial charge on any atom is -0.444 e. The fourth-order valence-electron chi connectivity index (χ4n) is 2.86. The smallest absolute Gasteiger partial charge is 0.410 e. The van der Waals surface area contributed by atoms with Gasteiger partial charge in [-0.05, 0) is 59.7 Å². The average molecular weight is 283 g/mol. The van der Waals surface area contributed by atoms with E-state index in [4.69, 9.17) is 4.74 Å². The van der Waals surface area contributed by atoms with Crippen LogP contribution in [0, 0.1) is 0 Å². The zero-order chi connectivity index (χ0) is 14.6. The second-order valence-electron chi connectivity index (χ2n) is 6.91. The van der Waals surface area contributed by atoms with E-state index in [1.165, 1.54) is 25.9 Å². The number of hydrogen-bond donors (Lipinski definition) is 1. The highest BCUT2D eigenvalue weighted by Crippen LogP contribution is 2.13. The highest BCUT2D eigenvalue weighted by Gasteiger charge is 2.27. The van der Waals surface area contributed by atoms with Gasteiger partial charge in [-0.3, -0.25) is 0 Å². The van der Waals surface area contributed by atoms with Gasteiger partial charge in [0.1, 0.15) is 5.60 Å². The summed E-state index contributed by atoms with van der Waals surface area (Å²) in [4.78, 5) is 16.5. The molecule has 0 aromatic heterocycles. The molecule has 2 rings (SSSR count). The van der Waals surface area contributed by atoms with Gasteiger partial charge in [-0.2, -0.15) is 0 Å². The van der Waals surface area contributed by atoms with Gasteiger partial charge in [-0.1, -0.05) is 0 Å². The number of piperazine rings is 1. The minimum atomic E-state index is -0.410. The number of hydrogen-bond acceptors (Lipinski definition) is 4. The van der Waals surface area contributed by atoms with Gasteiger partial charge in [-0.15, -0.1) is 0 Å². The quantitative estimate of drug-likeness (QED) is 0.856. The number of amides is 1. The van der Waals surface area contributed by atoms with Gasteiger partial charge in [0.15, 0.2) is 0 Å². The van der Waals surface area contributed by atoms with Crippen molar-refractivity contribution in [1.29, 1.82) is 0 Å². The summed E-state index contributed by atoms with van der Waals surface area (Å²) in [5.41, 5.74) is -0.410. The summed E-state index contributed by atoms with van der Waals surface area (Å²) in [6.45, 7) is 11.7. The first kappa shape index (κ1) is 15.6. The predicted octanol–water partition coefficient (Wildman–Crippen LogP) is 1.68. The molecule has 2 aliphatic heterocycles. The van der Waals surface area contributed by atoms with Crippen molar-refractivity contribution in [2.75, 3.05) is 39.3 Å². The normalized spacial score (nSPS) is 24.9. The summed E-state index contributed by atoms with van der Waals surface area (Å²) in [6.07, 6.45) is 3.61. The van der Waals surface area contributed by atoms with Gasteiger partial charge < -0.3 is 19.9 Å². The van der Waals surface area contributed by atoms with Crippen LogP contribution in [0.4, 0.5) is 4.79 Å². The van der Waals surface area contributed by atoms with Crippen molar-refractivity contribution < 1.29 is 9.53 Å². The molecule has 116 valence electrons. The van der Waals surface area contributed by atoms with Crippen LogP contribution in [0.15, 0.2) is 0 Å². The molecule has 5 nitrogen and oxygen atoms in total. The first-order valence-corrected chi connectivity index (χ1v) is 7.88. The summed E-state index contributed by atoms with van der Waals surface area (Å²) in [7, 11) is 0. The maximum atomic E-state index is 12.1. The standard InChI is InChI=1S/C15H29N3O2/c1-15(2,3)20-14(19)18-11-7-16-13(12-18)6-10-17-8-4-5-9-17/h13,16H,4-12H2,1-3H3.